The second kappa shape index (κ2) is 13.6. The van der Waals surface area contributed by atoms with Gasteiger partial charge in [0.25, 0.3) is 5.91 Å². The molecule has 1 atom stereocenters. The smallest absolute Gasteiger partial charge is 0.416 e. The van der Waals surface area contributed by atoms with Crippen molar-refractivity contribution < 1.29 is 23.9 Å². The zero-order chi connectivity index (χ0) is 27.6. The lowest BCUT2D eigenvalue weighted by Gasteiger charge is -2.26. The standard InChI is InChI=1S/C28H24BrClN4O5/c29-18-25(33-26(35)23-12-5-6-15-31-23)39-28(37)34(24-14-4-3-11-21(24)30)16-17-38-27(36)32-22-13-7-9-19-8-1-2-10-20(19)22/h1-15,25H,16-18H2,(H,32,36)(H,33,35). The Labute approximate surface area is 238 Å². The van der Waals surface area contributed by atoms with Crippen molar-refractivity contribution in [2.75, 3.05) is 28.7 Å². The molecule has 3 aromatic carbocycles. The Morgan fingerprint density at radius 3 is 2.46 bits per heavy atom. The van der Waals surface area contributed by atoms with E-state index in [-0.39, 0.29) is 24.2 Å². The quantitative estimate of drug-likeness (QED) is 0.172. The number of ether oxygens (including phenoxy) is 2. The number of carbonyl (C=O) groups is 3. The summed E-state index contributed by atoms with van der Waals surface area (Å²) in [6.07, 6.45) is -1.00. The molecule has 1 heterocycles. The van der Waals surface area contributed by atoms with Crippen molar-refractivity contribution in [1.82, 2.24) is 10.3 Å². The van der Waals surface area contributed by atoms with E-state index in [2.05, 4.69) is 31.5 Å². The second-order valence-corrected chi connectivity index (χ2v) is 9.16. The molecule has 39 heavy (non-hydrogen) atoms. The molecule has 1 aromatic heterocycles. The van der Waals surface area contributed by atoms with Gasteiger partial charge in [0.05, 0.1) is 28.3 Å². The van der Waals surface area contributed by atoms with Gasteiger partial charge in [-0.3, -0.25) is 20.0 Å². The van der Waals surface area contributed by atoms with Crippen LogP contribution in [0.25, 0.3) is 10.8 Å². The third-order valence-corrected chi connectivity index (χ3v) is 6.42. The minimum atomic E-state index is -1.01. The molecule has 0 aliphatic rings. The highest BCUT2D eigenvalue weighted by Crippen LogP contribution is 2.26. The lowest BCUT2D eigenvalue weighted by Crippen LogP contribution is -2.44. The first-order chi connectivity index (χ1) is 19.0. The average molecular weight is 612 g/mol. The lowest BCUT2D eigenvalue weighted by atomic mass is 10.1. The van der Waals surface area contributed by atoms with Crippen molar-refractivity contribution >= 4 is 67.8 Å². The Morgan fingerprint density at radius 1 is 0.949 bits per heavy atom. The molecule has 0 bridgehead atoms. The Hall–Kier alpha value is -4.15. The molecule has 9 nitrogen and oxygen atoms in total. The summed E-state index contributed by atoms with van der Waals surface area (Å²) in [5.74, 6) is -0.509. The van der Waals surface area contributed by atoms with Gasteiger partial charge in [0.15, 0.2) is 6.23 Å². The topological polar surface area (TPSA) is 110 Å². The molecule has 0 aliphatic carbocycles. The Balaban J connectivity index is 1.41. The summed E-state index contributed by atoms with van der Waals surface area (Å²) >= 11 is 9.60. The molecule has 1 unspecified atom stereocenters. The number of pyridine rings is 1. The Bertz CT molecular complexity index is 1450. The van der Waals surface area contributed by atoms with Crippen molar-refractivity contribution in [3.8, 4) is 0 Å². The molecule has 4 rings (SSSR count). The fraction of sp³-hybridized carbons (Fsp3) is 0.143. The van der Waals surface area contributed by atoms with Crippen LogP contribution in [0.2, 0.25) is 5.02 Å². The minimum absolute atomic E-state index is 0.0608. The van der Waals surface area contributed by atoms with Crippen LogP contribution >= 0.6 is 27.5 Å². The van der Waals surface area contributed by atoms with Gasteiger partial charge in [-0.1, -0.05) is 82.1 Å². The van der Waals surface area contributed by atoms with Crippen LogP contribution in [0.4, 0.5) is 21.0 Å². The van der Waals surface area contributed by atoms with Crippen LogP contribution in [0.5, 0.6) is 0 Å². The third kappa shape index (κ3) is 7.46. The van der Waals surface area contributed by atoms with Crippen LogP contribution in [0.1, 0.15) is 10.5 Å². The van der Waals surface area contributed by atoms with Gasteiger partial charge in [-0.05, 0) is 35.7 Å². The highest BCUT2D eigenvalue weighted by molar-refractivity contribution is 9.09. The van der Waals surface area contributed by atoms with E-state index < -0.39 is 24.3 Å². The van der Waals surface area contributed by atoms with E-state index in [0.29, 0.717) is 16.4 Å². The molecule has 0 saturated carbocycles. The molecule has 0 aliphatic heterocycles. The fourth-order valence-corrected chi connectivity index (χ4v) is 4.22. The Morgan fingerprint density at radius 2 is 1.69 bits per heavy atom. The lowest BCUT2D eigenvalue weighted by molar-refractivity contribution is 0.0723. The van der Waals surface area contributed by atoms with Crippen LogP contribution in [-0.2, 0) is 9.47 Å². The van der Waals surface area contributed by atoms with E-state index in [1.807, 2.05) is 36.4 Å². The summed E-state index contributed by atoms with van der Waals surface area (Å²) in [7, 11) is 0. The van der Waals surface area contributed by atoms with Gasteiger partial charge >= 0.3 is 12.2 Å². The van der Waals surface area contributed by atoms with Gasteiger partial charge in [0.2, 0.25) is 0 Å². The molecule has 11 heteroatoms. The summed E-state index contributed by atoms with van der Waals surface area (Å²) < 4.78 is 10.9. The molecule has 2 N–H and O–H groups in total. The minimum Gasteiger partial charge on any atom is -0.447 e. The molecule has 4 aromatic rings. The number of rotatable bonds is 9. The number of halogens is 2. The number of hydrogen-bond donors (Lipinski definition) is 2. The number of alkyl halides is 1. The highest BCUT2D eigenvalue weighted by Gasteiger charge is 2.25. The van der Waals surface area contributed by atoms with Crippen molar-refractivity contribution in [2.24, 2.45) is 0 Å². The number of hydrogen-bond acceptors (Lipinski definition) is 6. The van der Waals surface area contributed by atoms with Crippen LogP contribution in [0, 0.1) is 0 Å². The largest absolute Gasteiger partial charge is 0.447 e. The van der Waals surface area contributed by atoms with Crippen LogP contribution < -0.4 is 15.5 Å². The maximum atomic E-state index is 13.2. The molecular weight excluding hydrogens is 588 g/mol. The molecular formula is C28H24BrClN4O5. The first kappa shape index (κ1) is 27.9. The number of nitrogens with one attached hydrogen (secondary N) is 2. The molecule has 3 amide bonds. The number of amides is 3. The summed E-state index contributed by atoms with van der Waals surface area (Å²) in [5.41, 5.74) is 1.13. The van der Waals surface area contributed by atoms with E-state index in [4.69, 9.17) is 21.1 Å². The molecule has 0 fully saturated rings. The fourth-order valence-electron chi connectivity index (χ4n) is 3.69. The first-order valence-electron chi connectivity index (χ1n) is 11.9. The van der Waals surface area contributed by atoms with Crippen LogP contribution in [-0.4, -0.2) is 47.8 Å². The number of carbonyl (C=O) groups excluding carboxylic acids is 3. The van der Waals surface area contributed by atoms with E-state index in [1.54, 1.807) is 48.5 Å². The third-order valence-electron chi connectivity index (χ3n) is 5.51. The van der Waals surface area contributed by atoms with Gasteiger partial charge in [0.1, 0.15) is 12.3 Å². The zero-order valence-corrected chi connectivity index (χ0v) is 22.9. The van der Waals surface area contributed by atoms with E-state index in [9.17, 15) is 14.4 Å². The summed E-state index contributed by atoms with van der Waals surface area (Å²) in [6, 6.07) is 24.8. The van der Waals surface area contributed by atoms with Gasteiger partial charge in [-0.25, -0.2) is 9.59 Å². The number of aromatic nitrogens is 1. The number of fused-ring (bicyclic) bond motifs is 1. The first-order valence-corrected chi connectivity index (χ1v) is 13.4. The van der Waals surface area contributed by atoms with Crippen LogP contribution in [0.3, 0.4) is 0 Å². The second-order valence-electron chi connectivity index (χ2n) is 8.11. The summed E-state index contributed by atoms with van der Waals surface area (Å²) in [5, 5.41) is 7.60. The summed E-state index contributed by atoms with van der Waals surface area (Å²) in [4.78, 5) is 43.4. The predicted molar refractivity (Wildman–Crippen MR) is 153 cm³/mol. The van der Waals surface area contributed by atoms with E-state index in [0.717, 1.165) is 10.8 Å². The van der Waals surface area contributed by atoms with Crippen LogP contribution in [0.15, 0.2) is 91.1 Å². The molecule has 0 radical (unpaired) electrons. The number of para-hydroxylation sites is 1. The van der Waals surface area contributed by atoms with Crippen molar-refractivity contribution in [3.05, 3.63) is 102 Å². The maximum Gasteiger partial charge on any atom is 0.416 e. The molecule has 200 valence electrons. The zero-order valence-electron chi connectivity index (χ0n) is 20.6. The van der Waals surface area contributed by atoms with Crippen molar-refractivity contribution in [1.29, 1.82) is 0 Å². The molecule has 0 saturated heterocycles. The predicted octanol–water partition coefficient (Wildman–Crippen LogP) is 6.23. The van der Waals surface area contributed by atoms with Gasteiger partial charge in [0, 0.05) is 11.6 Å². The van der Waals surface area contributed by atoms with E-state index >= 15 is 0 Å². The number of nitrogens with zero attached hydrogens (tertiary/aromatic N) is 2. The highest BCUT2D eigenvalue weighted by atomic mass is 79.9. The van der Waals surface area contributed by atoms with Gasteiger partial charge in [-0.2, -0.15) is 0 Å². The van der Waals surface area contributed by atoms with Gasteiger partial charge < -0.3 is 14.8 Å². The van der Waals surface area contributed by atoms with Crippen molar-refractivity contribution in [2.45, 2.75) is 6.23 Å². The van der Waals surface area contributed by atoms with E-state index in [1.165, 1.54) is 11.1 Å². The normalized spacial score (nSPS) is 11.3. The maximum absolute atomic E-state index is 13.2. The number of benzene rings is 3. The number of anilines is 2. The monoisotopic (exact) mass is 610 g/mol. The Kier molecular flexibility index (Phi) is 9.71. The SMILES string of the molecule is O=C(Nc1cccc2ccccc12)OCCN(C(=O)OC(CBr)NC(=O)c1ccccn1)c1ccccc1Cl. The molecule has 0 spiro atoms. The van der Waals surface area contributed by atoms with Gasteiger partial charge in [-0.15, -0.1) is 0 Å². The van der Waals surface area contributed by atoms with Crippen molar-refractivity contribution in [3.63, 3.8) is 0 Å². The summed E-state index contributed by atoms with van der Waals surface area (Å²) in [6.45, 7) is -0.217. The average Bonchev–Trinajstić information content (AvgIpc) is 2.96.